The first-order chi connectivity index (χ1) is 13.4. The molecule has 3 aromatic heterocycles. The summed E-state index contributed by atoms with van der Waals surface area (Å²) in [7, 11) is 0. The van der Waals surface area contributed by atoms with E-state index in [0.717, 1.165) is 0 Å². The van der Waals surface area contributed by atoms with Crippen molar-refractivity contribution in [3.63, 3.8) is 0 Å². The number of hydrogen-bond donors (Lipinski definition) is 6. The van der Waals surface area contributed by atoms with Gasteiger partial charge in [-0.2, -0.15) is 4.98 Å². The van der Waals surface area contributed by atoms with E-state index in [1.54, 1.807) is 6.07 Å². The molecule has 0 spiro atoms. The Hall–Kier alpha value is -2.73. The van der Waals surface area contributed by atoms with E-state index < -0.39 is 29.9 Å². The number of hydrogen-bond acceptors (Lipinski definition) is 10. The van der Waals surface area contributed by atoms with Crippen molar-refractivity contribution in [2.75, 3.05) is 17.7 Å². The zero-order valence-electron chi connectivity index (χ0n) is 14.3. The molecule has 148 valence electrons. The molecule has 12 heteroatoms. The van der Waals surface area contributed by atoms with Gasteiger partial charge in [0.15, 0.2) is 0 Å². The van der Waals surface area contributed by atoms with Crippen LogP contribution in [0.2, 0.25) is 5.15 Å². The Labute approximate surface area is 162 Å². The lowest BCUT2D eigenvalue weighted by Crippen LogP contribution is -2.35. The third kappa shape index (κ3) is 3.18. The highest BCUT2D eigenvalue weighted by atomic mass is 35.5. The number of nitrogens with one attached hydrogen (secondary N) is 2. The van der Waals surface area contributed by atoms with Crippen molar-refractivity contribution in [3.05, 3.63) is 27.9 Å². The Morgan fingerprint density at radius 3 is 2.86 bits per heavy atom. The van der Waals surface area contributed by atoms with Crippen molar-refractivity contribution in [1.82, 2.24) is 19.9 Å². The third-order valence-electron chi connectivity index (χ3n) is 4.79. The van der Waals surface area contributed by atoms with Crippen LogP contribution in [0.4, 0.5) is 11.8 Å². The van der Waals surface area contributed by atoms with Crippen LogP contribution in [0, 0.1) is 5.92 Å². The molecule has 0 bridgehead atoms. The van der Waals surface area contributed by atoms with E-state index in [2.05, 4.69) is 25.3 Å². The number of fused-ring (bicyclic) bond motifs is 1. The molecule has 0 aromatic carbocycles. The molecule has 28 heavy (non-hydrogen) atoms. The van der Waals surface area contributed by atoms with Crippen molar-refractivity contribution in [2.45, 2.75) is 24.7 Å². The van der Waals surface area contributed by atoms with E-state index in [-0.39, 0.29) is 40.6 Å². The summed E-state index contributed by atoms with van der Waals surface area (Å²) < 4.78 is 5.66. The molecular weight excluding hydrogens is 392 g/mol. The molecule has 0 saturated heterocycles. The van der Waals surface area contributed by atoms with Crippen LogP contribution < -0.4 is 16.7 Å². The fraction of sp³-hybridized carbons (Fsp3) is 0.375. The van der Waals surface area contributed by atoms with Gasteiger partial charge in [-0.25, -0.2) is 14.8 Å². The van der Waals surface area contributed by atoms with Gasteiger partial charge in [0.25, 0.3) is 0 Å². The summed E-state index contributed by atoms with van der Waals surface area (Å²) in [6.07, 6.45) is -0.556. The second-order valence-corrected chi connectivity index (χ2v) is 6.95. The van der Waals surface area contributed by atoms with Gasteiger partial charge in [-0.05, 0) is 12.5 Å². The predicted molar refractivity (Wildman–Crippen MR) is 99.7 cm³/mol. The van der Waals surface area contributed by atoms with Gasteiger partial charge < -0.3 is 30.8 Å². The van der Waals surface area contributed by atoms with Gasteiger partial charge in [-0.15, -0.1) is 0 Å². The highest BCUT2D eigenvalue weighted by molar-refractivity contribution is 6.32. The zero-order chi connectivity index (χ0) is 20.0. The number of H-pyrrole nitrogens is 1. The largest absolute Gasteiger partial charge is 0.439 e. The molecule has 1 aliphatic carbocycles. The Morgan fingerprint density at radius 2 is 2.14 bits per heavy atom. The maximum atomic E-state index is 11.4. The van der Waals surface area contributed by atoms with Crippen LogP contribution >= 0.6 is 11.6 Å². The number of nitrogen functional groups attached to an aromatic ring is 1. The van der Waals surface area contributed by atoms with Crippen molar-refractivity contribution >= 4 is 34.5 Å². The minimum Gasteiger partial charge on any atom is -0.439 e. The lowest BCUT2D eigenvalue weighted by Gasteiger charge is -2.20. The second-order valence-electron chi connectivity index (χ2n) is 6.59. The fourth-order valence-electron chi connectivity index (χ4n) is 3.38. The van der Waals surface area contributed by atoms with Crippen LogP contribution in [-0.4, -0.2) is 60.1 Å². The van der Waals surface area contributed by atoms with E-state index in [1.807, 2.05) is 0 Å². The fourth-order valence-corrected chi connectivity index (χ4v) is 3.65. The van der Waals surface area contributed by atoms with Crippen LogP contribution in [-0.2, 0) is 0 Å². The van der Waals surface area contributed by atoms with Crippen LogP contribution in [0.25, 0.3) is 22.4 Å². The molecule has 7 N–H and O–H groups in total. The van der Waals surface area contributed by atoms with Crippen LogP contribution in [0.3, 0.4) is 0 Å². The maximum Gasteiger partial charge on any atom is 0.347 e. The number of aromatic nitrogens is 4. The lowest BCUT2D eigenvalue weighted by molar-refractivity contribution is 0.00446. The summed E-state index contributed by atoms with van der Waals surface area (Å²) in [4.78, 5) is 25.6. The summed E-state index contributed by atoms with van der Waals surface area (Å²) in [5.74, 6) is -0.151. The predicted octanol–water partition coefficient (Wildman–Crippen LogP) is -0.277. The Kier molecular flexibility index (Phi) is 4.67. The van der Waals surface area contributed by atoms with Crippen LogP contribution in [0.1, 0.15) is 6.42 Å². The van der Waals surface area contributed by atoms with Gasteiger partial charge in [-0.1, -0.05) is 11.6 Å². The monoisotopic (exact) mass is 408 g/mol. The molecule has 1 fully saturated rings. The standard InChI is InChI=1S/C16H17ClN6O5/c17-12-9(8-2-5-3-19-16(27)23-14(5)28-8)13(22-15(18)21-12)20-7-1-6(4-24)10(25)11(7)26/h2-3,6-7,10-11,24-26H,1,4H2,(H,19,23,27)(H3,18,20,21,22)/t6-,7-,10-,11+/m1/s1. The molecule has 0 aliphatic heterocycles. The molecule has 3 aromatic rings. The van der Waals surface area contributed by atoms with Crippen LogP contribution in [0.5, 0.6) is 0 Å². The van der Waals surface area contributed by atoms with Gasteiger partial charge >= 0.3 is 5.69 Å². The number of halogens is 1. The lowest BCUT2D eigenvalue weighted by atomic mass is 10.1. The number of anilines is 2. The first-order valence-corrected chi connectivity index (χ1v) is 8.81. The normalized spacial score (nSPS) is 24.7. The summed E-state index contributed by atoms with van der Waals surface area (Å²) >= 11 is 6.26. The topological polar surface area (TPSA) is 183 Å². The number of nitrogens with zero attached hydrogens (tertiary/aromatic N) is 3. The first kappa shape index (κ1) is 18.6. The Bertz CT molecular complexity index is 1090. The van der Waals surface area contributed by atoms with E-state index >= 15 is 0 Å². The second kappa shape index (κ2) is 7.02. The van der Waals surface area contributed by atoms with Crippen molar-refractivity contribution < 1.29 is 19.7 Å². The highest BCUT2D eigenvalue weighted by Crippen LogP contribution is 2.38. The van der Waals surface area contributed by atoms with E-state index in [9.17, 15) is 20.1 Å². The number of nitrogens with two attached hydrogens (primary N) is 1. The van der Waals surface area contributed by atoms with Crippen molar-refractivity contribution in [3.8, 4) is 11.3 Å². The summed E-state index contributed by atoms with van der Waals surface area (Å²) in [6.45, 7) is -0.264. The smallest absolute Gasteiger partial charge is 0.347 e. The highest BCUT2D eigenvalue weighted by Gasteiger charge is 2.41. The molecule has 1 saturated carbocycles. The SMILES string of the molecule is Nc1nc(Cl)c(-c2cc3cnc(=O)[nH]c3o2)c(N[C@@H]2C[C@H](CO)[C@@H](O)[C@H]2O)n1. The number of aromatic amines is 1. The maximum absolute atomic E-state index is 11.4. The van der Waals surface area contributed by atoms with Crippen molar-refractivity contribution in [2.24, 2.45) is 5.92 Å². The molecule has 4 atom stereocenters. The summed E-state index contributed by atoms with van der Waals surface area (Å²) in [5.41, 5.74) is 5.60. The number of furan rings is 1. The Balaban J connectivity index is 1.76. The molecule has 0 radical (unpaired) electrons. The van der Waals surface area contributed by atoms with Gasteiger partial charge in [-0.3, -0.25) is 4.98 Å². The van der Waals surface area contributed by atoms with Crippen LogP contribution in [0.15, 0.2) is 21.5 Å². The first-order valence-electron chi connectivity index (χ1n) is 8.43. The Morgan fingerprint density at radius 1 is 1.36 bits per heavy atom. The van der Waals surface area contributed by atoms with E-state index in [4.69, 9.17) is 21.8 Å². The number of aliphatic hydroxyl groups excluding tert-OH is 3. The minimum atomic E-state index is -1.13. The van der Waals surface area contributed by atoms with Gasteiger partial charge in [0.1, 0.15) is 22.8 Å². The van der Waals surface area contributed by atoms with E-state index in [1.165, 1.54) is 6.20 Å². The average molecular weight is 409 g/mol. The minimum absolute atomic E-state index is 0.00361. The molecule has 11 nitrogen and oxygen atoms in total. The van der Waals surface area contributed by atoms with Gasteiger partial charge in [0.2, 0.25) is 11.7 Å². The van der Waals surface area contributed by atoms with E-state index in [0.29, 0.717) is 11.8 Å². The molecule has 3 heterocycles. The molecule has 1 aliphatic rings. The summed E-state index contributed by atoms with van der Waals surface area (Å²) in [6, 6.07) is 0.989. The number of rotatable bonds is 4. The quantitative estimate of drug-likeness (QED) is 0.314. The molecular formula is C16H17ClN6O5. The van der Waals surface area contributed by atoms with Gasteiger partial charge in [0.05, 0.1) is 23.1 Å². The van der Waals surface area contributed by atoms with Gasteiger partial charge in [0, 0.05) is 18.7 Å². The zero-order valence-corrected chi connectivity index (χ0v) is 15.1. The third-order valence-corrected chi connectivity index (χ3v) is 5.06. The van der Waals surface area contributed by atoms with Crippen molar-refractivity contribution in [1.29, 1.82) is 0 Å². The molecule has 4 rings (SSSR count). The number of aliphatic hydroxyl groups is 3. The molecule has 0 unspecified atom stereocenters. The summed E-state index contributed by atoms with van der Waals surface area (Å²) in [5, 5.41) is 33.2. The average Bonchev–Trinajstić information content (AvgIpc) is 3.16. The molecule has 0 amide bonds.